The Bertz CT molecular complexity index is 1080. The zero-order chi connectivity index (χ0) is 18.9. The van der Waals surface area contributed by atoms with Crippen molar-refractivity contribution in [3.8, 4) is 16.9 Å². The topological polar surface area (TPSA) is 51.5 Å². The van der Waals surface area contributed by atoms with Crippen molar-refractivity contribution in [3.63, 3.8) is 0 Å². The largest absolute Gasteiger partial charge is 0.573 e. The Morgan fingerprint density at radius 3 is 2.56 bits per heavy atom. The molecule has 4 rings (SSSR count). The van der Waals surface area contributed by atoms with Crippen molar-refractivity contribution in [2.45, 2.75) is 6.36 Å². The average molecular weight is 370 g/mol. The van der Waals surface area contributed by atoms with Crippen molar-refractivity contribution in [2.75, 3.05) is 5.32 Å². The summed E-state index contributed by atoms with van der Waals surface area (Å²) < 4.78 is 43.0. The van der Waals surface area contributed by atoms with E-state index in [4.69, 9.17) is 0 Å². The molecule has 5 nitrogen and oxygen atoms in total. The fourth-order valence-electron chi connectivity index (χ4n) is 2.67. The molecule has 27 heavy (non-hydrogen) atoms. The third-order valence-electron chi connectivity index (χ3n) is 3.79. The Balaban J connectivity index is 1.70. The van der Waals surface area contributed by atoms with Gasteiger partial charge >= 0.3 is 6.36 Å². The van der Waals surface area contributed by atoms with Crippen LogP contribution in [0, 0.1) is 0 Å². The summed E-state index contributed by atoms with van der Waals surface area (Å²) in [5, 5.41) is 7.39. The third kappa shape index (κ3) is 3.84. The van der Waals surface area contributed by atoms with E-state index in [1.165, 1.54) is 18.2 Å². The van der Waals surface area contributed by atoms with Gasteiger partial charge in [-0.25, -0.2) is 9.50 Å². The van der Waals surface area contributed by atoms with Gasteiger partial charge in [0.1, 0.15) is 11.6 Å². The number of rotatable bonds is 4. The normalized spacial score (nSPS) is 11.5. The minimum Gasteiger partial charge on any atom is -0.406 e. The molecule has 0 saturated carbocycles. The number of alkyl halides is 3. The molecule has 0 bridgehead atoms. The maximum Gasteiger partial charge on any atom is 0.573 e. The fourth-order valence-corrected chi connectivity index (χ4v) is 2.67. The van der Waals surface area contributed by atoms with Gasteiger partial charge in [-0.2, -0.15) is 5.10 Å². The molecule has 0 saturated heterocycles. The van der Waals surface area contributed by atoms with Gasteiger partial charge in [0.25, 0.3) is 0 Å². The molecular formula is C19H13F3N4O. The van der Waals surface area contributed by atoms with Crippen molar-refractivity contribution >= 4 is 17.2 Å². The van der Waals surface area contributed by atoms with E-state index in [0.717, 1.165) is 5.69 Å². The van der Waals surface area contributed by atoms with Gasteiger partial charge in [0.15, 0.2) is 5.65 Å². The first-order chi connectivity index (χ1) is 13.0. The summed E-state index contributed by atoms with van der Waals surface area (Å²) in [5.41, 5.74) is 2.51. The molecule has 0 aliphatic carbocycles. The van der Waals surface area contributed by atoms with E-state index < -0.39 is 6.36 Å². The highest BCUT2D eigenvalue weighted by Gasteiger charge is 2.31. The number of hydrogen-bond acceptors (Lipinski definition) is 4. The molecule has 2 aromatic carbocycles. The summed E-state index contributed by atoms with van der Waals surface area (Å²) in [7, 11) is 0. The summed E-state index contributed by atoms with van der Waals surface area (Å²) >= 11 is 0. The molecule has 2 aromatic heterocycles. The number of fused-ring (bicyclic) bond motifs is 1. The lowest BCUT2D eigenvalue weighted by atomic mass is 10.1. The van der Waals surface area contributed by atoms with Gasteiger partial charge in [-0.15, -0.1) is 13.2 Å². The summed E-state index contributed by atoms with van der Waals surface area (Å²) in [6, 6.07) is 17.0. The molecule has 4 aromatic rings. The number of halogens is 3. The fraction of sp³-hybridized carbons (Fsp3) is 0.0526. The summed E-state index contributed by atoms with van der Waals surface area (Å²) in [6.07, 6.45) is -1.46. The lowest BCUT2D eigenvalue weighted by molar-refractivity contribution is -0.274. The predicted molar refractivity (Wildman–Crippen MR) is 94.8 cm³/mol. The molecule has 0 aliphatic rings. The van der Waals surface area contributed by atoms with Crippen LogP contribution in [0.1, 0.15) is 0 Å². The van der Waals surface area contributed by atoms with Crippen molar-refractivity contribution in [3.05, 3.63) is 73.1 Å². The molecule has 0 radical (unpaired) electrons. The molecule has 0 amide bonds. The number of benzene rings is 2. The Labute approximate surface area is 152 Å². The lowest BCUT2D eigenvalue weighted by Crippen LogP contribution is -2.17. The van der Waals surface area contributed by atoms with E-state index in [1.54, 1.807) is 29.0 Å². The van der Waals surface area contributed by atoms with Crippen LogP contribution in [0.3, 0.4) is 0 Å². The van der Waals surface area contributed by atoms with Gasteiger partial charge in [-0.05, 0) is 35.9 Å². The molecule has 0 atom stereocenters. The maximum atomic E-state index is 12.5. The Kier molecular flexibility index (Phi) is 4.15. The Hall–Kier alpha value is -3.55. The quantitative estimate of drug-likeness (QED) is 0.547. The van der Waals surface area contributed by atoms with Gasteiger partial charge in [0.05, 0.1) is 6.20 Å². The number of hydrogen-bond donors (Lipinski definition) is 1. The highest BCUT2D eigenvalue weighted by molar-refractivity contribution is 5.78. The zero-order valence-corrected chi connectivity index (χ0v) is 13.8. The van der Waals surface area contributed by atoms with E-state index in [9.17, 15) is 13.2 Å². The van der Waals surface area contributed by atoms with Crippen LogP contribution in [-0.4, -0.2) is 21.0 Å². The van der Waals surface area contributed by atoms with Crippen LogP contribution in [0.5, 0.6) is 5.75 Å². The van der Waals surface area contributed by atoms with Crippen LogP contribution in [-0.2, 0) is 0 Å². The van der Waals surface area contributed by atoms with E-state index in [1.807, 2.05) is 30.3 Å². The molecule has 136 valence electrons. The molecule has 2 heterocycles. The second-order valence-corrected chi connectivity index (χ2v) is 5.71. The highest BCUT2D eigenvalue weighted by atomic mass is 19.4. The minimum absolute atomic E-state index is 0.294. The first-order valence-corrected chi connectivity index (χ1v) is 8.01. The summed E-state index contributed by atoms with van der Waals surface area (Å²) in [6.45, 7) is 0. The van der Waals surface area contributed by atoms with Crippen molar-refractivity contribution in [2.24, 2.45) is 0 Å². The van der Waals surface area contributed by atoms with Crippen LogP contribution in [0.4, 0.5) is 24.7 Å². The first kappa shape index (κ1) is 16.9. The lowest BCUT2D eigenvalue weighted by Gasteiger charge is -2.10. The summed E-state index contributed by atoms with van der Waals surface area (Å²) in [4.78, 5) is 4.54. The molecule has 0 aliphatic heterocycles. The van der Waals surface area contributed by atoms with E-state index >= 15 is 0 Å². The maximum absolute atomic E-state index is 12.5. The van der Waals surface area contributed by atoms with Crippen LogP contribution >= 0.6 is 0 Å². The van der Waals surface area contributed by atoms with Gasteiger partial charge in [0.2, 0.25) is 0 Å². The van der Waals surface area contributed by atoms with Gasteiger partial charge in [-0.1, -0.05) is 30.3 Å². The second kappa shape index (κ2) is 6.64. The van der Waals surface area contributed by atoms with Gasteiger partial charge < -0.3 is 10.1 Å². The van der Waals surface area contributed by atoms with Crippen LogP contribution in [0.2, 0.25) is 0 Å². The monoisotopic (exact) mass is 370 g/mol. The molecule has 0 unspecified atom stereocenters. The minimum atomic E-state index is -4.75. The number of para-hydroxylation sites is 1. The van der Waals surface area contributed by atoms with Crippen molar-refractivity contribution in [1.29, 1.82) is 0 Å². The Morgan fingerprint density at radius 2 is 1.78 bits per heavy atom. The van der Waals surface area contributed by atoms with Crippen molar-refractivity contribution < 1.29 is 17.9 Å². The third-order valence-corrected chi connectivity index (χ3v) is 3.79. The van der Waals surface area contributed by atoms with Crippen LogP contribution < -0.4 is 10.1 Å². The smallest absolute Gasteiger partial charge is 0.406 e. The average Bonchev–Trinajstić information content (AvgIpc) is 3.05. The van der Waals surface area contributed by atoms with E-state index in [0.29, 0.717) is 22.6 Å². The number of aromatic nitrogens is 3. The number of ether oxygens (including phenoxy) is 1. The first-order valence-electron chi connectivity index (χ1n) is 8.01. The molecular weight excluding hydrogens is 357 g/mol. The molecule has 8 heteroatoms. The molecule has 1 N–H and O–H groups in total. The Morgan fingerprint density at radius 1 is 0.963 bits per heavy atom. The summed E-state index contributed by atoms with van der Waals surface area (Å²) in [5.74, 6) is 0.302. The van der Waals surface area contributed by atoms with E-state index in [2.05, 4.69) is 20.1 Å². The highest BCUT2D eigenvalue weighted by Crippen LogP contribution is 2.30. The number of nitrogens with one attached hydrogen (secondary N) is 1. The van der Waals surface area contributed by atoms with Crippen LogP contribution in [0.15, 0.2) is 73.1 Å². The van der Waals surface area contributed by atoms with E-state index in [-0.39, 0.29) is 5.75 Å². The standard InChI is InChI=1S/C19H13F3N4O/c20-19(21,22)27-15-8-4-5-13(11-15)16-12-23-26-10-9-17(25-18(16)26)24-14-6-2-1-3-7-14/h1-12H,(H,24,25). The molecule has 0 fully saturated rings. The van der Waals surface area contributed by atoms with Crippen molar-refractivity contribution in [1.82, 2.24) is 14.6 Å². The van der Waals surface area contributed by atoms with Gasteiger partial charge in [0, 0.05) is 17.4 Å². The number of nitrogens with zero attached hydrogens (tertiary/aromatic N) is 3. The predicted octanol–water partition coefficient (Wildman–Crippen LogP) is 5.04. The SMILES string of the molecule is FC(F)(F)Oc1cccc(-c2cnn3ccc(Nc4ccccc4)nc23)c1. The molecule has 0 spiro atoms. The number of anilines is 2. The second-order valence-electron chi connectivity index (χ2n) is 5.71. The zero-order valence-electron chi connectivity index (χ0n) is 13.8. The van der Waals surface area contributed by atoms with Crippen LogP contribution in [0.25, 0.3) is 16.8 Å². The van der Waals surface area contributed by atoms with Gasteiger partial charge in [-0.3, -0.25) is 0 Å².